The first-order chi connectivity index (χ1) is 3.41. The van der Waals surface area contributed by atoms with Gasteiger partial charge in [0.25, 0.3) is 0 Å². The standard InChI is InChI=1S/C5H8.C2H6/c1-2-5(1)3-4-5;1-2/h1-4H2;1-2H3. The SMILES string of the molecule is C1CC12CC2.CC. The Labute approximate surface area is 45.9 Å². The average molecular weight is 98.2 g/mol. The third kappa shape index (κ3) is 0.960. The summed E-state index contributed by atoms with van der Waals surface area (Å²) in [5, 5.41) is 0. The summed E-state index contributed by atoms with van der Waals surface area (Å²) in [5.41, 5.74) is 1.00. The Kier molecular flexibility index (Phi) is 1.10. The molecule has 0 N–H and O–H groups in total. The first kappa shape index (κ1) is 5.14. The molecule has 2 fully saturated rings. The van der Waals surface area contributed by atoms with Crippen molar-refractivity contribution in [3.8, 4) is 0 Å². The zero-order chi connectivity index (χ0) is 5.33. The normalized spacial score (nSPS) is 28.3. The molecule has 2 aliphatic rings. The van der Waals surface area contributed by atoms with Gasteiger partial charge >= 0.3 is 0 Å². The van der Waals surface area contributed by atoms with Gasteiger partial charge in [0.15, 0.2) is 0 Å². The van der Waals surface area contributed by atoms with Gasteiger partial charge in [0, 0.05) is 0 Å². The summed E-state index contributed by atoms with van der Waals surface area (Å²) >= 11 is 0. The summed E-state index contributed by atoms with van der Waals surface area (Å²) in [6, 6.07) is 0. The molecule has 0 unspecified atom stereocenters. The highest BCUT2D eigenvalue weighted by Crippen LogP contribution is 2.65. The highest BCUT2D eigenvalue weighted by Gasteiger charge is 2.52. The van der Waals surface area contributed by atoms with E-state index in [0.29, 0.717) is 0 Å². The maximum Gasteiger partial charge on any atom is -0.0297 e. The van der Waals surface area contributed by atoms with Gasteiger partial charge in [-0.1, -0.05) is 13.8 Å². The Morgan fingerprint density at radius 2 is 1.14 bits per heavy atom. The summed E-state index contributed by atoms with van der Waals surface area (Å²) in [5.74, 6) is 0. The fourth-order valence-corrected chi connectivity index (χ4v) is 0.854. The lowest BCUT2D eigenvalue weighted by Gasteiger charge is -1.60. The van der Waals surface area contributed by atoms with Gasteiger partial charge in [0.2, 0.25) is 0 Å². The minimum atomic E-state index is 1.00. The summed E-state index contributed by atoms with van der Waals surface area (Å²) in [6.07, 6.45) is 6.25. The largest absolute Gasteiger partial charge is 0.0683 e. The Balaban J connectivity index is 0.000000112. The van der Waals surface area contributed by atoms with E-state index >= 15 is 0 Å². The molecule has 1 spiro atoms. The summed E-state index contributed by atoms with van der Waals surface area (Å²) in [4.78, 5) is 0. The minimum Gasteiger partial charge on any atom is -0.0683 e. The molecule has 0 atom stereocenters. The van der Waals surface area contributed by atoms with Crippen molar-refractivity contribution in [2.45, 2.75) is 39.5 Å². The molecule has 2 saturated carbocycles. The molecule has 2 rings (SSSR count). The number of rotatable bonds is 0. The molecule has 0 aromatic rings. The Morgan fingerprint density at radius 1 is 0.857 bits per heavy atom. The van der Waals surface area contributed by atoms with Gasteiger partial charge in [-0.25, -0.2) is 0 Å². The van der Waals surface area contributed by atoms with Crippen molar-refractivity contribution in [1.29, 1.82) is 0 Å². The van der Waals surface area contributed by atoms with Crippen LogP contribution in [0.15, 0.2) is 0 Å². The first-order valence-electron chi connectivity index (χ1n) is 3.41. The molecule has 0 heteroatoms. The van der Waals surface area contributed by atoms with Crippen LogP contribution in [0.5, 0.6) is 0 Å². The van der Waals surface area contributed by atoms with Gasteiger partial charge in [-0.3, -0.25) is 0 Å². The van der Waals surface area contributed by atoms with Crippen molar-refractivity contribution < 1.29 is 0 Å². The van der Waals surface area contributed by atoms with Crippen LogP contribution in [0.2, 0.25) is 0 Å². The van der Waals surface area contributed by atoms with E-state index < -0.39 is 0 Å². The minimum absolute atomic E-state index is 1.00. The Hall–Kier alpha value is 0. The van der Waals surface area contributed by atoms with Crippen LogP contribution >= 0.6 is 0 Å². The summed E-state index contributed by atoms with van der Waals surface area (Å²) in [7, 11) is 0. The van der Waals surface area contributed by atoms with Gasteiger partial charge in [-0.2, -0.15) is 0 Å². The summed E-state index contributed by atoms with van der Waals surface area (Å²) in [6.45, 7) is 4.00. The van der Waals surface area contributed by atoms with Crippen LogP contribution in [0.3, 0.4) is 0 Å². The topological polar surface area (TPSA) is 0 Å². The third-order valence-electron chi connectivity index (χ3n) is 1.91. The molecule has 0 radical (unpaired) electrons. The zero-order valence-electron chi connectivity index (χ0n) is 5.33. The fourth-order valence-electron chi connectivity index (χ4n) is 0.854. The zero-order valence-corrected chi connectivity index (χ0v) is 5.33. The van der Waals surface area contributed by atoms with Crippen LogP contribution in [0, 0.1) is 5.41 Å². The van der Waals surface area contributed by atoms with Gasteiger partial charge in [0.05, 0.1) is 0 Å². The monoisotopic (exact) mass is 98.1 g/mol. The number of hydrogen-bond acceptors (Lipinski definition) is 0. The second kappa shape index (κ2) is 1.50. The molecular weight excluding hydrogens is 84.1 g/mol. The smallest absolute Gasteiger partial charge is 0.0297 e. The lowest BCUT2D eigenvalue weighted by atomic mass is 10.5. The van der Waals surface area contributed by atoms with Gasteiger partial charge < -0.3 is 0 Å². The van der Waals surface area contributed by atoms with Crippen LogP contribution in [0.1, 0.15) is 39.5 Å². The van der Waals surface area contributed by atoms with E-state index in [1.165, 1.54) is 0 Å². The third-order valence-corrected chi connectivity index (χ3v) is 1.91. The van der Waals surface area contributed by atoms with Gasteiger partial charge in [0.1, 0.15) is 0 Å². The van der Waals surface area contributed by atoms with Crippen molar-refractivity contribution >= 4 is 0 Å². The van der Waals surface area contributed by atoms with Gasteiger partial charge in [-0.05, 0) is 31.1 Å². The van der Waals surface area contributed by atoms with Gasteiger partial charge in [-0.15, -0.1) is 0 Å². The molecule has 0 nitrogen and oxygen atoms in total. The highest BCUT2D eigenvalue weighted by molar-refractivity contribution is 5.04. The summed E-state index contributed by atoms with van der Waals surface area (Å²) < 4.78 is 0. The van der Waals surface area contributed by atoms with Crippen LogP contribution in [-0.4, -0.2) is 0 Å². The molecule has 0 bridgehead atoms. The fraction of sp³-hybridized carbons (Fsp3) is 1.00. The Morgan fingerprint density at radius 3 is 1.14 bits per heavy atom. The van der Waals surface area contributed by atoms with E-state index in [1.807, 2.05) is 13.8 Å². The second-order valence-corrected chi connectivity index (χ2v) is 2.50. The lowest BCUT2D eigenvalue weighted by Crippen LogP contribution is -1.51. The molecule has 0 amide bonds. The van der Waals surface area contributed by atoms with Crippen LogP contribution in [0.4, 0.5) is 0 Å². The predicted octanol–water partition coefficient (Wildman–Crippen LogP) is 2.59. The van der Waals surface area contributed by atoms with E-state index in [2.05, 4.69) is 0 Å². The van der Waals surface area contributed by atoms with Crippen LogP contribution in [-0.2, 0) is 0 Å². The number of hydrogen-bond donors (Lipinski definition) is 0. The molecule has 0 saturated heterocycles. The lowest BCUT2D eigenvalue weighted by molar-refractivity contribution is 0.898. The van der Waals surface area contributed by atoms with Crippen molar-refractivity contribution in [1.82, 2.24) is 0 Å². The van der Waals surface area contributed by atoms with E-state index in [4.69, 9.17) is 0 Å². The maximum absolute atomic E-state index is 2.00. The van der Waals surface area contributed by atoms with E-state index in [9.17, 15) is 0 Å². The van der Waals surface area contributed by atoms with Crippen LogP contribution in [0.25, 0.3) is 0 Å². The molecular formula is C7H14. The molecule has 0 heterocycles. The van der Waals surface area contributed by atoms with E-state index in [1.54, 1.807) is 25.7 Å². The molecule has 42 valence electrons. The van der Waals surface area contributed by atoms with Crippen molar-refractivity contribution in [3.63, 3.8) is 0 Å². The molecule has 0 aliphatic heterocycles. The predicted molar refractivity (Wildman–Crippen MR) is 32.2 cm³/mol. The van der Waals surface area contributed by atoms with E-state index in [-0.39, 0.29) is 0 Å². The molecule has 7 heavy (non-hydrogen) atoms. The maximum atomic E-state index is 2.00. The van der Waals surface area contributed by atoms with Crippen LogP contribution < -0.4 is 0 Å². The van der Waals surface area contributed by atoms with E-state index in [0.717, 1.165) is 5.41 Å². The Bertz CT molecular complexity index is 42.9. The highest BCUT2D eigenvalue weighted by atomic mass is 14.6. The van der Waals surface area contributed by atoms with Crippen molar-refractivity contribution in [2.24, 2.45) is 5.41 Å². The first-order valence-corrected chi connectivity index (χ1v) is 3.41. The second-order valence-electron chi connectivity index (χ2n) is 2.50. The van der Waals surface area contributed by atoms with Crippen molar-refractivity contribution in [2.75, 3.05) is 0 Å². The quantitative estimate of drug-likeness (QED) is 0.437. The van der Waals surface area contributed by atoms with Crippen molar-refractivity contribution in [3.05, 3.63) is 0 Å². The average Bonchev–Trinajstić information content (AvgIpc) is 2.59. The molecule has 0 aromatic carbocycles. The molecule has 2 aliphatic carbocycles. The molecule has 0 aromatic heterocycles.